The van der Waals surface area contributed by atoms with Gasteiger partial charge in [-0.1, -0.05) is 41.6 Å². The molecule has 122 valence electrons. The van der Waals surface area contributed by atoms with Crippen LogP contribution >= 0.6 is 11.8 Å². The number of nitriles is 1. The predicted molar refractivity (Wildman–Crippen MR) is 89.5 cm³/mol. The molecule has 1 aromatic heterocycles. The van der Waals surface area contributed by atoms with Gasteiger partial charge in [0.2, 0.25) is 0 Å². The topological polar surface area (TPSA) is 83.7 Å². The number of hydrogen-bond donors (Lipinski definition) is 1. The van der Waals surface area contributed by atoms with E-state index in [0.29, 0.717) is 24.7 Å². The first-order valence-electron chi connectivity index (χ1n) is 7.40. The van der Waals surface area contributed by atoms with Crippen LogP contribution in [0.5, 0.6) is 0 Å². The number of nitrogens with one attached hydrogen (secondary N) is 1. The van der Waals surface area contributed by atoms with Crippen LogP contribution in [0.1, 0.15) is 17.5 Å². The molecule has 0 aliphatic carbocycles. The van der Waals surface area contributed by atoms with Crippen molar-refractivity contribution in [3.05, 3.63) is 45.9 Å². The molecule has 2 rings (SSSR count). The second-order valence-electron chi connectivity index (χ2n) is 5.23. The summed E-state index contributed by atoms with van der Waals surface area (Å²) in [6, 6.07) is 10.4. The summed E-state index contributed by atoms with van der Waals surface area (Å²) < 4.78 is 6.56. The van der Waals surface area contributed by atoms with Gasteiger partial charge in [-0.2, -0.15) is 5.26 Å². The summed E-state index contributed by atoms with van der Waals surface area (Å²) in [6.45, 7) is 3.13. The van der Waals surface area contributed by atoms with Crippen molar-refractivity contribution < 1.29 is 4.74 Å². The van der Waals surface area contributed by atoms with Gasteiger partial charge in [-0.15, -0.1) is 5.10 Å². The van der Waals surface area contributed by atoms with Gasteiger partial charge >= 0.3 is 5.69 Å². The Morgan fingerprint density at radius 2 is 2.17 bits per heavy atom. The molecule has 0 unspecified atom stereocenters. The minimum Gasteiger partial charge on any atom is -0.385 e. The maximum atomic E-state index is 11.8. The molecule has 1 aromatic carbocycles. The van der Waals surface area contributed by atoms with Gasteiger partial charge in [0.05, 0.1) is 6.07 Å². The van der Waals surface area contributed by atoms with E-state index in [1.807, 2.05) is 31.2 Å². The maximum absolute atomic E-state index is 11.8. The minimum absolute atomic E-state index is 0.254. The van der Waals surface area contributed by atoms with Gasteiger partial charge < -0.3 is 4.74 Å². The molecular weight excluding hydrogens is 312 g/mol. The van der Waals surface area contributed by atoms with Crippen molar-refractivity contribution in [3.8, 4) is 6.07 Å². The Labute approximate surface area is 139 Å². The van der Waals surface area contributed by atoms with Crippen LogP contribution in [0.15, 0.2) is 34.2 Å². The zero-order valence-corrected chi connectivity index (χ0v) is 14.1. The third kappa shape index (κ3) is 4.98. The van der Waals surface area contributed by atoms with Crippen LogP contribution in [0.4, 0.5) is 0 Å². The van der Waals surface area contributed by atoms with Crippen LogP contribution in [0.2, 0.25) is 0 Å². The van der Waals surface area contributed by atoms with Crippen molar-refractivity contribution in [3.63, 3.8) is 0 Å². The second kappa shape index (κ2) is 8.56. The molecule has 0 fully saturated rings. The SMILES string of the molecule is COCCCn1c(S[C@H](C#N)Cc2ccc(C)cc2)n[nH]c1=O. The van der Waals surface area contributed by atoms with E-state index in [4.69, 9.17) is 4.74 Å². The number of ether oxygens (including phenoxy) is 1. The summed E-state index contributed by atoms with van der Waals surface area (Å²) in [5.74, 6) is 0. The number of rotatable bonds is 8. The van der Waals surface area contributed by atoms with E-state index in [0.717, 1.165) is 12.0 Å². The third-order valence-electron chi connectivity index (χ3n) is 3.39. The Hall–Kier alpha value is -2.04. The van der Waals surface area contributed by atoms with Crippen LogP contribution in [0, 0.1) is 18.3 Å². The van der Waals surface area contributed by atoms with E-state index in [9.17, 15) is 10.1 Å². The lowest BCUT2D eigenvalue weighted by molar-refractivity contribution is 0.189. The molecule has 0 aliphatic heterocycles. The Balaban J connectivity index is 2.05. The number of hydrogen-bond acceptors (Lipinski definition) is 5. The van der Waals surface area contributed by atoms with Gasteiger partial charge in [-0.3, -0.25) is 4.57 Å². The summed E-state index contributed by atoms with van der Waals surface area (Å²) >= 11 is 1.31. The largest absolute Gasteiger partial charge is 0.385 e. The number of aromatic amines is 1. The highest BCUT2D eigenvalue weighted by molar-refractivity contribution is 8.00. The molecule has 23 heavy (non-hydrogen) atoms. The zero-order chi connectivity index (χ0) is 16.7. The number of thioether (sulfide) groups is 1. The van der Waals surface area contributed by atoms with Crippen molar-refractivity contribution in [1.82, 2.24) is 14.8 Å². The highest BCUT2D eigenvalue weighted by atomic mass is 32.2. The molecular formula is C16H20N4O2S. The van der Waals surface area contributed by atoms with E-state index in [1.165, 1.54) is 17.3 Å². The van der Waals surface area contributed by atoms with E-state index < -0.39 is 0 Å². The number of methoxy groups -OCH3 is 1. The van der Waals surface area contributed by atoms with Gasteiger partial charge in [0.15, 0.2) is 5.16 Å². The molecule has 0 amide bonds. The fourth-order valence-electron chi connectivity index (χ4n) is 2.14. The Kier molecular flexibility index (Phi) is 6.44. The van der Waals surface area contributed by atoms with Crippen molar-refractivity contribution in [1.29, 1.82) is 5.26 Å². The van der Waals surface area contributed by atoms with E-state index in [-0.39, 0.29) is 10.9 Å². The standard InChI is InChI=1S/C16H20N4O2S/c1-12-4-6-13(7-5-12)10-14(11-17)23-16-19-18-15(21)20(16)8-3-9-22-2/h4-7,14H,3,8-10H2,1-2H3,(H,18,21)/t14-/m0/s1. The highest BCUT2D eigenvalue weighted by Crippen LogP contribution is 2.23. The fourth-order valence-corrected chi connectivity index (χ4v) is 3.12. The molecule has 1 N–H and O–H groups in total. The van der Waals surface area contributed by atoms with Crippen molar-refractivity contribution >= 4 is 11.8 Å². The van der Waals surface area contributed by atoms with E-state index in [2.05, 4.69) is 16.3 Å². The van der Waals surface area contributed by atoms with Crippen LogP contribution in [-0.4, -0.2) is 33.7 Å². The zero-order valence-electron chi connectivity index (χ0n) is 13.3. The molecule has 0 spiro atoms. The van der Waals surface area contributed by atoms with Crippen molar-refractivity contribution in [2.75, 3.05) is 13.7 Å². The van der Waals surface area contributed by atoms with E-state index in [1.54, 1.807) is 11.7 Å². The first kappa shape index (κ1) is 17.3. The van der Waals surface area contributed by atoms with Crippen molar-refractivity contribution in [2.45, 2.75) is 36.7 Å². The molecule has 0 radical (unpaired) electrons. The lowest BCUT2D eigenvalue weighted by Crippen LogP contribution is -2.19. The average Bonchev–Trinajstić information content (AvgIpc) is 2.89. The number of benzene rings is 1. The minimum atomic E-state index is -0.297. The van der Waals surface area contributed by atoms with Gasteiger partial charge in [0.1, 0.15) is 5.25 Å². The van der Waals surface area contributed by atoms with Crippen LogP contribution in [0.25, 0.3) is 0 Å². The number of aryl methyl sites for hydroxylation is 1. The first-order chi connectivity index (χ1) is 11.1. The number of nitrogens with zero attached hydrogens (tertiary/aromatic N) is 3. The maximum Gasteiger partial charge on any atom is 0.343 e. The summed E-state index contributed by atoms with van der Waals surface area (Å²) in [7, 11) is 1.63. The van der Waals surface area contributed by atoms with Gasteiger partial charge in [0.25, 0.3) is 0 Å². The Morgan fingerprint density at radius 1 is 1.43 bits per heavy atom. The third-order valence-corrected chi connectivity index (χ3v) is 4.47. The summed E-state index contributed by atoms with van der Waals surface area (Å²) in [6.07, 6.45) is 1.33. The molecule has 0 bridgehead atoms. The van der Waals surface area contributed by atoms with Gasteiger partial charge in [-0.25, -0.2) is 9.89 Å². The molecule has 0 saturated carbocycles. The number of aromatic nitrogens is 3. The normalized spacial score (nSPS) is 12.0. The fraction of sp³-hybridized carbons (Fsp3) is 0.438. The molecule has 7 heteroatoms. The molecule has 0 aliphatic rings. The van der Waals surface area contributed by atoms with Crippen LogP contribution in [-0.2, 0) is 17.7 Å². The Bertz CT molecular complexity index is 715. The van der Waals surface area contributed by atoms with Gasteiger partial charge in [0, 0.05) is 20.3 Å². The smallest absolute Gasteiger partial charge is 0.343 e. The highest BCUT2D eigenvalue weighted by Gasteiger charge is 2.16. The van der Waals surface area contributed by atoms with Gasteiger partial charge in [-0.05, 0) is 25.3 Å². The lowest BCUT2D eigenvalue weighted by Gasteiger charge is -2.10. The van der Waals surface area contributed by atoms with Crippen LogP contribution < -0.4 is 5.69 Å². The number of H-pyrrole nitrogens is 1. The summed E-state index contributed by atoms with van der Waals surface area (Å²) in [5.41, 5.74) is 2.03. The summed E-state index contributed by atoms with van der Waals surface area (Å²) in [4.78, 5) is 11.8. The quantitative estimate of drug-likeness (QED) is 0.591. The monoisotopic (exact) mass is 332 g/mol. The molecule has 1 atom stereocenters. The second-order valence-corrected chi connectivity index (χ2v) is 6.40. The van der Waals surface area contributed by atoms with Crippen LogP contribution in [0.3, 0.4) is 0 Å². The lowest BCUT2D eigenvalue weighted by atomic mass is 10.1. The molecule has 2 aromatic rings. The molecule has 0 saturated heterocycles. The summed E-state index contributed by atoms with van der Waals surface area (Å²) in [5, 5.41) is 16.1. The average molecular weight is 332 g/mol. The van der Waals surface area contributed by atoms with Crippen molar-refractivity contribution in [2.24, 2.45) is 0 Å². The Morgan fingerprint density at radius 3 is 2.83 bits per heavy atom. The van der Waals surface area contributed by atoms with E-state index >= 15 is 0 Å². The predicted octanol–water partition coefficient (Wildman–Crippen LogP) is 2.14. The molecule has 1 heterocycles. The molecule has 6 nitrogen and oxygen atoms in total. The first-order valence-corrected chi connectivity index (χ1v) is 8.28.